The number of thiophene rings is 1. The Hall–Kier alpha value is 0.0600. The second kappa shape index (κ2) is 7.18. The molecule has 0 spiro atoms. The third-order valence-corrected chi connectivity index (χ3v) is 5.59. The van der Waals surface area contributed by atoms with Gasteiger partial charge in [-0.3, -0.25) is 4.90 Å². The summed E-state index contributed by atoms with van der Waals surface area (Å²) in [6, 6.07) is 3.38. The highest BCUT2D eigenvalue weighted by Gasteiger charge is 2.29. The zero-order valence-corrected chi connectivity index (χ0v) is 14.4. The number of piperazine rings is 1. The van der Waals surface area contributed by atoms with Gasteiger partial charge in [0.1, 0.15) is 0 Å². The molecule has 3 nitrogen and oxygen atoms in total. The van der Waals surface area contributed by atoms with E-state index in [0.29, 0.717) is 12.1 Å². The predicted octanol–water partition coefficient (Wildman–Crippen LogP) is 2.28. The summed E-state index contributed by atoms with van der Waals surface area (Å²) in [7, 11) is 4.48. The Balaban J connectivity index is 2.05. The standard InChI is InChI=1S/C14H24BrN3S/c1-4-16-13(8-12-7-11(15)10-19-12)14-9-17(2)5-6-18(14)3/h7,10,13-14,16H,4-6,8-9H2,1-3H3. The number of hydrogen-bond acceptors (Lipinski definition) is 4. The van der Waals surface area contributed by atoms with Gasteiger partial charge in [-0.2, -0.15) is 0 Å². The maximum absolute atomic E-state index is 3.68. The fourth-order valence-corrected chi connectivity index (χ4v) is 4.27. The lowest BCUT2D eigenvalue weighted by atomic mass is 10.00. The Morgan fingerprint density at radius 1 is 1.47 bits per heavy atom. The van der Waals surface area contributed by atoms with Gasteiger partial charge in [0.25, 0.3) is 0 Å². The van der Waals surface area contributed by atoms with Gasteiger partial charge in [0.05, 0.1) is 0 Å². The Kier molecular flexibility index (Phi) is 5.84. The fourth-order valence-electron chi connectivity index (χ4n) is 2.76. The molecule has 1 aliphatic rings. The summed E-state index contributed by atoms with van der Waals surface area (Å²) in [6.45, 7) is 6.73. The van der Waals surface area contributed by atoms with E-state index >= 15 is 0 Å². The van der Waals surface area contributed by atoms with E-state index in [0.717, 1.165) is 26.1 Å². The van der Waals surface area contributed by atoms with Crippen LogP contribution in [-0.4, -0.2) is 62.2 Å². The molecule has 0 bridgehead atoms. The van der Waals surface area contributed by atoms with Gasteiger partial charge in [0, 0.05) is 46.4 Å². The first-order chi connectivity index (χ1) is 9.10. The molecule has 2 rings (SSSR count). The van der Waals surface area contributed by atoms with Crippen LogP contribution in [0, 0.1) is 0 Å². The summed E-state index contributed by atoms with van der Waals surface area (Å²) in [5.74, 6) is 0. The Morgan fingerprint density at radius 2 is 2.26 bits per heavy atom. The molecule has 0 amide bonds. The van der Waals surface area contributed by atoms with Crippen LogP contribution in [0.3, 0.4) is 0 Å². The summed E-state index contributed by atoms with van der Waals surface area (Å²) in [5, 5.41) is 5.86. The summed E-state index contributed by atoms with van der Waals surface area (Å²) in [6.07, 6.45) is 1.12. The lowest BCUT2D eigenvalue weighted by Gasteiger charge is -2.42. The Bertz CT molecular complexity index is 396. The smallest absolute Gasteiger partial charge is 0.0377 e. The number of hydrogen-bond donors (Lipinski definition) is 1. The number of rotatable bonds is 5. The van der Waals surface area contributed by atoms with E-state index in [9.17, 15) is 0 Å². The van der Waals surface area contributed by atoms with Gasteiger partial charge < -0.3 is 10.2 Å². The van der Waals surface area contributed by atoms with Crippen molar-refractivity contribution in [2.75, 3.05) is 40.3 Å². The minimum absolute atomic E-state index is 0.531. The van der Waals surface area contributed by atoms with Crippen molar-refractivity contribution in [3.05, 3.63) is 20.8 Å². The van der Waals surface area contributed by atoms with Crippen molar-refractivity contribution >= 4 is 27.3 Å². The van der Waals surface area contributed by atoms with E-state index in [4.69, 9.17) is 0 Å². The fraction of sp³-hybridized carbons (Fsp3) is 0.714. The minimum atomic E-state index is 0.531. The summed E-state index contributed by atoms with van der Waals surface area (Å²) >= 11 is 5.40. The van der Waals surface area contributed by atoms with Crippen LogP contribution in [0.2, 0.25) is 0 Å². The zero-order valence-electron chi connectivity index (χ0n) is 12.0. The molecule has 5 heteroatoms. The number of halogens is 1. The third kappa shape index (κ3) is 4.26. The molecule has 1 aliphatic heterocycles. The molecule has 0 saturated carbocycles. The van der Waals surface area contributed by atoms with Crippen LogP contribution in [0.15, 0.2) is 15.9 Å². The molecule has 1 N–H and O–H groups in total. The van der Waals surface area contributed by atoms with Crippen LogP contribution in [0.1, 0.15) is 11.8 Å². The van der Waals surface area contributed by atoms with E-state index in [2.05, 4.69) is 63.5 Å². The van der Waals surface area contributed by atoms with E-state index < -0.39 is 0 Å². The SMILES string of the molecule is CCNC(Cc1cc(Br)cs1)C1CN(C)CCN1C. The second-order valence-electron chi connectivity index (χ2n) is 5.41. The van der Waals surface area contributed by atoms with Gasteiger partial charge in [-0.15, -0.1) is 11.3 Å². The Morgan fingerprint density at radius 3 is 2.89 bits per heavy atom. The quantitative estimate of drug-likeness (QED) is 0.883. The molecule has 2 heterocycles. The highest BCUT2D eigenvalue weighted by Crippen LogP contribution is 2.23. The largest absolute Gasteiger partial charge is 0.312 e. The van der Waals surface area contributed by atoms with Gasteiger partial charge in [-0.1, -0.05) is 6.92 Å². The van der Waals surface area contributed by atoms with Gasteiger partial charge in [0.15, 0.2) is 0 Å². The molecule has 0 aliphatic carbocycles. The molecule has 0 aromatic carbocycles. The molecule has 1 aromatic rings. The maximum Gasteiger partial charge on any atom is 0.0377 e. The molecule has 1 saturated heterocycles. The third-order valence-electron chi connectivity index (χ3n) is 3.87. The van der Waals surface area contributed by atoms with Crippen LogP contribution in [-0.2, 0) is 6.42 Å². The lowest BCUT2D eigenvalue weighted by Crippen LogP contribution is -2.59. The first kappa shape index (κ1) is 15.4. The molecule has 108 valence electrons. The molecule has 2 unspecified atom stereocenters. The summed E-state index contributed by atoms with van der Waals surface area (Å²) < 4.78 is 1.21. The molecular formula is C14H24BrN3S. The van der Waals surface area contributed by atoms with E-state index in [-0.39, 0.29) is 0 Å². The topological polar surface area (TPSA) is 18.5 Å². The summed E-state index contributed by atoms with van der Waals surface area (Å²) in [4.78, 5) is 6.41. The highest BCUT2D eigenvalue weighted by molar-refractivity contribution is 9.10. The van der Waals surface area contributed by atoms with Crippen molar-refractivity contribution < 1.29 is 0 Å². The normalized spacial score (nSPS) is 23.7. The number of nitrogens with one attached hydrogen (secondary N) is 1. The minimum Gasteiger partial charge on any atom is -0.312 e. The van der Waals surface area contributed by atoms with Gasteiger partial charge in [-0.05, 0) is 49.1 Å². The van der Waals surface area contributed by atoms with Crippen molar-refractivity contribution in [3.63, 3.8) is 0 Å². The molecular weight excluding hydrogens is 322 g/mol. The molecule has 19 heavy (non-hydrogen) atoms. The second-order valence-corrected chi connectivity index (χ2v) is 7.32. The molecule has 1 aromatic heterocycles. The average molecular weight is 346 g/mol. The first-order valence-electron chi connectivity index (χ1n) is 6.95. The molecule has 2 atom stereocenters. The van der Waals surface area contributed by atoms with Crippen molar-refractivity contribution in [3.8, 4) is 0 Å². The van der Waals surface area contributed by atoms with Gasteiger partial charge >= 0.3 is 0 Å². The molecule has 1 fully saturated rings. The van der Waals surface area contributed by atoms with Crippen LogP contribution >= 0.6 is 27.3 Å². The van der Waals surface area contributed by atoms with Crippen molar-refractivity contribution in [2.45, 2.75) is 25.4 Å². The first-order valence-corrected chi connectivity index (χ1v) is 8.62. The number of likely N-dealkylation sites (N-methyl/N-ethyl adjacent to an activating group) is 3. The van der Waals surface area contributed by atoms with Gasteiger partial charge in [0.2, 0.25) is 0 Å². The predicted molar refractivity (Wildman–Crippen MR) is 87.1 cm³/mol. The summed E-state index contributed by atoms with van der Waals surface area (Å²) in [5.41, 5.74) is 0. The average Bonchev–Trinajstić information content (AvgIpc) is 2.77. The van der Waals surface area contributed by atoms with Crippen molar-refractivity contribution in [1.29, 1.82) is 0 Å². The van der Waals surface area contributed by atoms with E-state index in [1.54, 1.807) is 0 Å². The Labute approximate surface area is 129 Å². The van der Waals surface area contributed by atoms with Crippen molar-refractivity contribution in [2.24, 2.45) is 0 Å². The number of nitrogens with zero attached hydrogens (tertiary/aromatic N) is 2. The van der Waals surface area contributed by atoms with Gasteiger partial charge in [-0.25, -0.2) is 0 Å². The molecule has 0 radical (unpaired) electrons. The highest BCUT2D eigenvalue weighted by atomic mass is 79.9. The van der Waals surface area contributed by atoms with E-state index in [1.807, 2.05) is 11.3 Å². The maximum atomic E-state index is 3.68. The van der Waals surface area contributed by atoms with Crippen molar-refractivity contribution in [1.82, 2.24) is 15.1 Å². The monoisotopic (exact) mass is 345 g/mol. The zero-order chi connectivity index (χ0) is 13.8. The van der Waals surface area contributed by atoms with Crippen LogP contribution in [0.5, 0.6) is 0 Å². The van der Waals surface area contributed by atoms with Crippen LogP contribution in [0.25, 0.3) is 0 Å². The lowest BCUT2D eigenvalue weighted by molar-refractivity contribution is 0.0883. The van der Waals surface area contributed by atoms with E-state index in [1.165, 1.54) is 15.9 Å². The van der Waals surface area contributed by atoms with Crippen LogP contribution < -0.4 is 5.32 Å². The van der Waals surface area contributed by atoms with Crippen LogP contribution in [0.4, 0.5) is 0 Å².